The van der Waals surface area contributed by atoms with Crippen LogP contribution >= 0.6 is 34.2 Å². The van der Waals surface area contributed by atoms with Crippen LogP contribution < -0.4 is 10.6 Å². The molecule has 0 aliphatic rings. The molecular formula is C26H18ClF8IN2O. The zero-order valence-corrected chi connectivity index (χ0v) is 22.9. The Balaban J connectivity index is 1.98. The fourth-order valence-corrected chi connectivity index (χ4v) is 4.56. The van der Waals surface area contributed by atoms with Crippen molar-refractivity contribution in [1.82, 2.24) is 0 Å². The maximum absolute atomic E-state index is 15.3. The first-order chi connectivity index (χ1) is 17.8. The largest absolute Gasteiger partial charge is 0.426 e. The molecule has 0 radical (unpaired) electrons. The Morgan fingerprint density at radius 2 is 1.59 bits per heavy atom. The van der Waals surface area contributed by atoms with Gasteiger partial charge >= 0.3 is 12.4 Å². The molecule has 3 aromatic carbocycles. The fraction of sp³-hybridized carbons (Fsp3) is 0.192. The Morgan fingerprint density at radius 3 is 2.15 bits per heavy atom. The van der Waals surface area contributed by atoms with Gasteiger partial charge in [-0.25, -0.2) is 8.78 Å². The van der Waals surface area contributed by atoms with Gasteiger partial charge in [-0.1, -0.05) is 30.3 Å². The van der Waals surface area contributed by atoms with Gasteiger partial charge < -0.3 is 10.6 Å². The van der Waals surface area contributed by atoms with Gasteiger partial charge in [-0.05, 0) is 84.0 Å². The number of nitrogens with one attached hydrogen (secondary N) is 2. The Bertz CT molecular complexity index is 1450. The van der Waals surface area contributed by atoms with Crippen LogP contribution in [0, 0.1) is 16.3 Å². The van der Waals surface area contributed by atoms with Gasteiger partial charge in [0.2, 0.25) is 5.67 Å². The number of anilines is 2. The van der Waals surface area contributed by atoms with E-state index in [1.807, 2.05) is 5.32 Å². The van der Waals surface area contributed by atoms with E-state index in [1.165, 1.54) is 34.7 Å². The van der Waals surface area contributed by atoms with Crippen molar-refractivity contribution in [2.24, 2.45) is 0 Å². The van der Waals surface area contributed by atoms with Crippen molar-refractivity contribution in [3.05, 3.63) is 97.3 Å². The summed E-state index contributed by atoms with van der Waals surface area (Å²) >= 11 is 7.18. The molecule has 2 N–H and O–H groups in total. The SMILES string of the molecule is C=C(Nc1cccc(C(=O)Nc2c(I)cc(C(C)(F)C(F)(F)F)cc2C(F)(F)F)c1F)c1ccc(Cl)cc1C. The summed E-state index contributed by atoms with van der Waals surface area (Å²) in [6.45, 7) is 5.65. The molecule has 1 atom stereocenters. The van der Waals surface area contributed by atoms with Crippen molar-refractivity contribution < 1.29 is 39.9 Å². The minimum absolute atomic E-state index is 0.0297. The molecule has 39 heavy (non-hydrogen) atoms. The van der Waals surface area contributed by atoms with Crippen LogP contribution in [0.1, 0.15) is 39.5 Å². The second-order valence-corrected chi connectivity index (χ2v) is 10.2. The van der Waals surface area contributed by atoms with Gasteiger partial charge in [-0.2, -0.15) is 26.3 Å². The van der Waals surface area contributed by atoms with Crippen LogP contribution in [0.2, 0.25) is 5.02 Å². The molecule has 0 saturated carbocycles. The molecule has 3 rings (SSSR count). The van der Waals surface area contributed by atoms with Crippen LogP contribution in [0.4, 0.5) is 46.5 Å². The van der Waals surface area contributed by atoms with E-state index in [0.29, 0.717) is 22.2 Å². The predicted octanol–water partition coefficient (Wildman–Crippen LogP) is 9.49. The lowest BCUT2D eigenvalue weighted by atomic mass is 9.94. The summed E-state index contributed by atoms with van der Waals surface area (Å²) in [4.78, 5) is 12.9. The van der Waals surface area contributed by atoms with Gasteiger partial charge in [-0.15, -0.1) is 0 Å². The van der Waals surface area contributed by atoms with Gasteiger partial charge in [-0.3, -0.25) is 4.79 Å². The number of halogens is 10. The van der Waals surface area contributed by atoms with Gasteiger partial charge in [0.25, 0.3) is 5.91 Å². The monoisotopic (exact) mass is 688 g/mol. The van der Waals surface area contributed by atoms with E-state index >= 15 is 4.39 Å². The van der Waals surface area contributed by atoms with Crippen molar-refractivity contribution in [2.75, 3.05) is 10.6 Å². The van der Waals surface area contributed by atoms with Gasteiger partial charge in [0, 0.05) is 19.9 Å². The second-order valence-electron chi connectivity index (χ2n) is 8.56. The molecule has 0 saturated heterocycles. The Hall–Kier alpha value is -2.87. The van der Waals surface area contributed by atoms with Crippen LogP contribution in [0.5, 0.6) is 0 Å². The highest BCUT2D eigenvalue weighted by Crippen LogP contribution is 2.46. The average molecular weight is 689 g/mol. The highest BCUT2D eigenvalue weighted by molar-refractivity contribution is 14.1. The van der Waals surface area contributed by atoms with Gasteiger partial charge in [0.1, 0.15) is 0 Å². The third-order valence-corrected chi connectivity index (χ3v) is 6.84. The zero-order chi connectivity index (χ0) is 29.5. The quantitative estimate of drug-likeness (QED) is 0.200. The second kappa shape index (κ2) is 11.0. The van der Waals surface area contributed by atoms with Crippen LogP contribution in [0.3, 0.4) is 0 Å². The lowest BCUT2D eigenvalue weighted by Crippen LogP contribution is -2.35. The van der Waals surface area contributed by atoms with E-state index < -0.39 is 55.7 Å². The summed E-state index contributed by atoms with van der Waals surface area (Å²) in [5.74, 6) is -2.45. The van der Waals surface area contributed by atoms with Crippen molar-refractivity contribution in [1.29, 1.82) is 0 Å². The van der Waals surface area contributed by atoms with Crippen LogP contribution in [-0.2, 0) is 11.8 Å². The summed E-state index contributed by atoms with van der Waals surface area (Å²) in [6.07, 6.45) is -10.8. The Labute approximate surface area is 236 Å². The molecule has 0 fully saturated rings. The fourth-order valence-electron chi connectivity index (χ4n) is 3.57. The average Bonchev–Trinajstić information content (AvgIpc) is 2.79. The topological polar surface area (TPSA) is 41.1 Å². The number of rotatable bonds is 6. The summed E-state index contributed by atoms with van der Waals surface area (Å²) in [5, 5.41) is 5.08. The number of amides is 1. The molecule has 1 amide bonds. The highest BCUT2D eigenvalue weighted by atomic mass is 127. The molecule has 0 bridgehead atoms. The molecule has 0 aromatic heterocycles. The van der Waals surface area contributed by atoms with Crippen LogP contribution in [-0.4, -0.2) is 12.1 Å². The minimum Gasteiger partial charge on any atom is -0.353 e. The molecule has 0 heterocycles. The smallest absolute Gasteiger partial charge is 0.353 e. The first kappa shape index (κ1) is 30.7. The van der Waals surface area contributed by atoms with Gasteiger partial charge in [0.05, 0.1) is 22.5 Å². The van der Waals surface area contributed by atoms with Crippen LogP contribution in [0.25, 0.3) is 5.70 Å². The van der Waals surface area contributed by atoms with Crippen LogP contribution in [0.15, 0.2) is 55.1 Å². The summed E-state index contributed by atoms with van der Waals surface area (Å²) < 4.78 is 110. The molecule has 208 valence electrons. The normalized spacial score (nSPS) is 13.5. The maximum Gasteiger partial charge on any atom is 0.426 e. The Morgan fingerprint density at radius 1 is 0.949 bits per heavy atom. The highest BCUT2D eigenvalue weighted by Gasteiger charge is 2.54. The van der Waals surface area contributed by atoms with Crippen molar-refractivity contribution >= 4 is 57.2 Å². The molecule has 3 aromatic rings. The molecule has 3 nitrogen and oxygen atoms in total. The predicted molar refractivity (Wildman–Crippen MR) is 142 cm³/mol. The van der Waals surface area contributed by atoms with E-state index in [0.717, 1.165) is 6.07 Å². The number of alkyl halides is 7. The zero-order valence-electron chi connectivity index (χ0n) is 20.0. The maximum atomic E-state index is 15.3. The number of hydrogen-bond acceptors (Lipinski definition) is 2. The van der Waals surface area contributed by atoms with E-state index in [9.17, 15) is 35.5 Å². The van der Waals surface area contributed by atoms with Crippen molar-refractivity contribution in [3.63, 3.8) is 0 Å². The van der Waals surface area contributed by atoms with Gasteiger partial charge in [0.15, 0.2) is 5.82 Å². The van der Waals surface area contributed by atoms with E-state index in [1.54, 1.807) is 25.1 Å². The molecule has 0 aliphatic carbocycles. The van der Waals surface area contributed by atoms with E-state index in [2.05, 4.69) is 11.9 Å². The van der Waals surface area contributed by atoms with Crippen molar-refractivity contribution in [2.45, 2.75) is 31.9 Å². The number of carbonyl (C=O) groups is 1. The molecule has 0 aliphatic heterocycles. The number of benzene rings is 3. The van der Waals surface area contributed by atoms with E-state index in [4.69, 9.17) is 11.6 Å². The third kappa shape index (κ3) is 6.48. The molecule has 1 unspecified atom stereocenters. The molecule has 13 heteroatoms. The summed E-state index contributed by atoms with van der Waals surface area (Å²) in [5.41, 5.74) is -7.45. The number of aryl methyl sites for hydroxylation is 1. The lowest BCUT2D eigenvalue weighted by Gasteiger charge is -2.26. The molecular weight excluding hydrogens is 671 g/mol. The molecule has 0 spiro atoms. The minimum atomic E-state index is -5.51. The number of carbonyl (C=O) groups excluding carboxylic acids is 1. The Kier molecular flexibility index (Phi) is 8.61. The van der Waals surface area contributed by atoms with Crippen molar-refractivity contribution in [3.8, 4) is 0 Å². The van der Waals surface area contributed by atoms with E-state index in [-0.39, 0.29) is 24.4 Å². The standard InChI is InChI=1S/C26H18ClF8IN2O/c1-12-9-15(27)7-8-16(12)13(2)37-20-6-4-5-17(21(20)28)23(39)38-22-18(25(30,31)32)10-14(11-19(22)36)24(3,29)26(33,34)35/h4-11,37H,2H2,1,3H3,(H,38,39). The first-order valence-electron chi connectivity index (χ1n) is 10.8. The summed E-state index contributed by atoms with van der Waals surface area (Å²) in [6, 6.07) is 8.90. The third-order valence-electron chi connectivity index (χ3n) is 5.75. The number of hydrogen-bond donors (Lipinski definition) is 2. The summed E-state index contributed by atoms with van der Waals surface area (Å²) in [7, 11) is 0. The first-order valence-corrected chi connectivity index (χ1v) is 12.3. The lowest BCUT2D eigenvalue weighted by molar-refractivity contribution is -0.228.